The van der Waals surface area contributed by atoms with E-state index in [-0.39, 0.29) is 11.6 Å². The van der Waals surface area contributed by atoms with E-state index < -0.39 is 10.0 Å². The number of rotatable bonds is 5. The van der Waals surface area contributed by atoms with Crippen LogP contribution in [0, 0.1) is 3.57 Å². The number of nitrogens with one attached hydrogen (secondary N) is 2. The lowest BCUT2D eigenvalue weighted by Crippen LogP contribution is -2.14. The van der Waals surface area contributed by atoms with Gasteiger partial charge >= 0.3 is 0 Å². The average molecular weight is 481 g/mol. The molecule has 0 radical (unpaired) electrons. The number of anilines is 2. The van der Waals surface area contributed by atoms with Gasteiger partial charge in [-0.15, -0.1) is 0 Å². The minimum absolute atomic E-state index is 0.239. The monoisotopic (exact) mass is 480 g/mol. The third-order valence-electron chi connectivity index (χ3n) is 2.93. The zero-order valence-electron chi connectivity index (χ0n) is 12.8. The molecule has 0 atom stereocenters. The average Bonchev–Trinajstić information content (AvgIpc) is 2.48. The molecule has 0 saturated carbocycles. The molecule has 0 aliphatic carbocycles. The maximum atomic E-state index is 12.3. The fraction of sp³-hybridized carbons (Fsp3) is 0.133. The van der Waals surface area contributed by atoms with Crippen LogP contribution in [0.5, 0.6) is 5.75 Å². The van der Waals surface area contributed by atoms with Crippen LogP contribution in [0.1, 0.15) is 10.4 Å². The van der Waals surface area contributed by atoms with Crippen molar-refractivity contribution in [2.24, 2.45) is 0 Å². The summed E-state index contributed by atoms with van der Waals surface area (Å²) >= 11 is 7.98. The van der Waals surface area contributed by atoms with Gasteiger partial charge < -0.3 is 10.1 Å². The fourth-order valence-corrected chi connectivity index (χ4v) is 3.10. The van der Waals surface area contributed by atoms with Crippen molar-refractivity contribution in [1.82, 2.24) is 0 Å². The second-order valence-electron chi connectivity index (χ2n) is 4.87. The Bertz CT molecular complexity index is 887. The number of amides is 1. The van der Waals surface area contributed by atoms with E-state index in [2.05, 4.69) is 10.0 Å². The number of ether oxygens (including phenoxy) is 1. The van der Waals surface area contributed by atoms with Crippen molar-refractivity contribution >= 4 is 61.5 Å². The fourth-order valence-electron chi connectivity index (χ4n) is 1.91. The largest absolute Gasteiger partial charge is 0.495 e. The standard InChI is InChI=1S/C15H14ClIN2O4S/c1-23-14-6-4-10(8-13(14)19-24(2,21)22)18-15(20)9-3-5-11(16)12(17)7-9/h3-8,19H,1-2H3,(H,18,20). The van der Waals surface area contributed by atoms with Gasteiger partial charge in [-0.25, -0.2) is 8.42 Å². The number of methoxy groups -OCH3 is 1. The van der Waals surface area contributed by atoms with Crippen LogP contribution in [0.3, 0.4) is 0 Å². The molecule has 0 heterocycles. The van der Waals surface area contributed by atoms with Gasteiger partial charge in [-0.3, -0.25) is 9.52 Å². The van der Waals surface area contributed by atoms with Gasteiger partial charge in [0.2, 0.25) is 10.0 Å². The normalized spacial score (nSPS) is 11.0. The zero-order valence-corrected chi connectivity index (χ0v) is 16.5. The molecule has 0 aliphatic heterocycles. The minimum atomic E-state index is -3.48. The van der Waals surface area contributed by atoms with E-state index in [1.54, 1.807) is 30.3 Å². The molecule has 2 aromatic rings. The number of carbonyl (C=O) groups is 1. The Balaban J connectivity index is 2.27. The molecule has 9 heteroatoms. The van der Waals surface area contributed by atoms with Crippen molar-refractivity contribution in [2.45, 2.75) is 0 Å². The number of hydrogen-bond acceptors (Lipinski definition) is 4. The Labute approximate surface area is 158 Å². The quantitative estimate of drug-likeness (QED) is 0.641. The molecule has 0 aliphatic rings. The van der Waals surface area contributed by atoms with E-state index in [1.165, 1.54) is 13.2 Å². The molecule has 24 heavy (non-hydrogen) atoms. The predicted molar refractivity (Wildman–Crippen MR) is 104 cm³/mol. The van der Waals surface area contributed by atoms with Gasteiger partial charge in [0.1, 0.15) is 5.75 Å². The van der Waals surface area contributed by atoms with Crippen molar-refractivity contribution in [3.63, 3.8) is 0 Å². The summed E-state index contributed by atoms with van der Waals surface area (Å²) < 4.78 is 31.1. The zero-order chi connectivity index (χ0) is 17.9. The number of carbonyl (C=O) groups excluding carboxylic acids is 1. The first-order valence-corrected chi connectivity index (χ1v) is 9.96. The van der Waals surface area contributed by atoms with E-state index in [0.29, 0.717) is 22.0 Å². The molecule has 0 bridgehead atoms. The number of benzene rings is 2. The summed E-state index contributed by atoms with van der Waals surface area (Å²) in [5, 5.41) is 3.27. The molecule has 0 aromatic heterocycles. The molecule has 2 N–H and O–H groups in total. The van der Waals surface area contributed by atoms with Crippen LogP contribution < -0.4 is 14.8 Å². The second-order valence-corrected chi connectivity index (χ2v) is 8.19. The number of sulfonamides is 1. The van der Waals surface area contributed by atoms with Crippen molar-refractivity contribution < 1.29 is 17.9 Å². The summed E-state index contributed by atoms with van der Waals surface area (Å²) in [5.41, 5.74) is 1.11. The van der Waals surface area contributed by atoms with Gasteiger partial charge in [0.15, 0.2) is 0 Å². The van der Waals surface area contributed by atoms with E-state index in [9.17, 15) is 13.2 Å². The Hall–Kier alpha value is -1.52. The summed E-state index contributed by atoms with van der Waals surface area (Å²) in [6.45, 7) is 0. The third kappa shape index (κ3) is 4.99. The van der Waals surface area contributed by atoms with Crippen LogP contribution in [0.25, 0.3) is 0 Å². The van der Waals surface area contributed by atoms with Crippen LogP contribution in [-0.2, 0) is 10.0 Å². The van der Waals surface area contributed by atoms with Crippen molar-refractivity contribution in [2.75, 3.05) is 23.4 Å². The lowest BCUT2D eigenvalue weighted by molar-refractivity contribution is 0.102. The van der Waals surface area contributed by atoms with Gasteiger partial charge in [0.05, 0.1) is 24.1 Å². The predicted octanol–water partition coefficient (Wildman–Crippen LogP) is 3.58. The molecule has 2 rings (SSSR count). The van der Waals surface area contributed by atoms with Gasteiger partial charge in [-0.05, 0) is 59.0 Å². The van der Waals surface area contributed by atoms with E-state index in [0.717, 1.165) is 9.83 Å². The number of hydrogen-bond donors (Lipinski definition) is 2. The van der Waals surface area contributed by atoms with Crippen molar-refractivity contribution in [3.05, 3.63) is 50.6 Å². The summed E-state index contributed by atoms with van der Waals surface area (Å²) in [6.07, 6.45) is 1.04. The third-order valence-corrected chi connectivity index (χ3v) is 5.07. The Kier molecular flexibility index (Phi) is 5.94. The van der Waals surface area contributed by atoms with E-state index in [4.69, 9.17) is 16.3 Å². The van der Waals surface area contributed by atoms with Crippen LogP contribution >= 0.6 is 34.2 Å². The highest BCUT2D eigenvalue weighted by Gasteiger charge is 2.12. The summed E-state index contributed by atoms with van der Waals surface area (Å²) in [6, 6.07) is 9.58. The lowest BCUT2D eigenvalue weighted by Gasteiger charge is -2.12. The highest BCUT2D eigenvalue weighted by molar-refractivity contribution is 14.1. The Morgan fingerprint density at radius 2 is 1.92 bits per heavy atom. The molecule has 0 saturated heterocycles. The second kappa shape index (κ2) is 7.58. The first kappa shape index (κ1) is 18.8. The molecular weight excluding hydrogens is 467 g/mol. The molecule has 0 unspecified atom stereocenters. The molecule has 1 amide bonds. The van der Waals surface area contributed by atoms with Crippen molar-refractivity contribution in [3.8, 4) is 5.75 Å². The van der Waals surface area contributed by atoms with Crippen molar-refractivity contribution in [1.29, 1.82) is 0 Å². The maximum absolute atomic E-state index is 12.3. The Morgan fingerprint density at radius 1 is 1.21 bits per heavy atom. The number of halogens is 2. The van der Waals surface area contributed by atoms with Crippen LogP contribution in [0.2, 0.25) is 5.02 Å². The van der Waals surface area contributed by atoms with E-state index in [1.807, 2.05) is 22.6 Å². The summed E-state index contributed by atoms with van der Waals surface area (Å²) in [7, 11) is -2.05. The molecule has 2 aromatic carbocycles. The van der Waals surface area contributed by atoms with E-state index >= 15 is 0 Å². The molecule has 6 nitrogen and oxygen atoms in total. The lowest BCUT2D eigenvalue weighted by atomic mass is 10.2. The maximum Gasteiger partial charge on any atom is 0.255 e. The molecule has 0 spiro atoms. The smallest absolute Gasteiger partial charge is 0.255 e. The topological polar surface area (TPSA) is 84.5 Å². The van der Waals surface area contributed by atoms with Gasteiger partial charge in [-0.1, -0.05) is 11.6 Å². The van der Waals surface area contributed by atoms with Gasteiger partial charge in [-0.2, -0.15) is 0 Å². The SMILES string of the molecule is COc1ccc(NC(=O)c2ccc(Cl)c(I)c2)cc1NS(C)(=O)=O. The highest BCUT2D eigenvalue weighted by atomic mass is 127. The highest BCUT2D eigenvalue weighted by Crippen LogP contribution is 2.29. The molecular formula is C15H14ClIN2O4S. The first-order chi connectivity index (χ1) is 11.2. The summed E-state index contributed by atoms with van der Waals surface area (Å²) in [5.74, 6) is 0.0134. The minimum Gasteiger partial charge on any atom is -0.495 e. The molecule has 0 fully saturated rings. The van der Waals surface area contributed by atoms with Gasteiger partial charge in [0.25, 0.3) is 5.91 Å². The summed E-state index contributed by atoms with van der Waals surface area (Å²) in [4.78, 5) is 12.3. The van der Waals surface area contributed by atoms with Crippen LogP contribution in [0.4, 0.5) is 11.4 Å². The Morgan fingerprint density at radius 3 is 2.50 bits per heavy atom. The van der Waals surface area contributed by atoms with Gasteiger partial charge in [0, 0.05) is 14.8 Å². The molecule has 128 valence electrons. The first-order valence-electron chi connectivity index (χ1n) is 6.62. The van der Waals surface area contributed by atoms with Crippen LogP contribution in [0.15, 0.2) is 36.4 Å². The van der Waals surface area contributed by atoms with Crippen LogP contribution in [-0.4, -0.2) is 27.7 Å².